The van der Waals surface area contributed by atoms with Crippen LogP contribution in [-0.4, -0.2) is 17.6 Å². The highest BCUT2D eigenvalue weighted by Gasteiger charge is 2.27. The van der Waals surface area contributed by atoms with Gasteiger partial charge in [0, 0.05) is 12.0 Å². The molecule has 1 aromatic rings. The molecule has 1 aromatic heterocycles. The fourth-order valence-electron chi connectivity index (χ4n) is 1.96. The van der Waals surface area contributed by atoms with E-state index in [-0.39, 0.29) is 12.5 Å². The van der Waals surface area contributed by atoms with Crippen LogP contribution in [0.4, 0.5) is 0 Å². The van der Waals surface area contributed by atoms with Gasteiger partial charge < -0.3 is 14.8 Å². The van der Waals surface area contributed by atoms with Crippen LogP contribution in [0.25, 0.3) is 0 Å². The molecule has 0 aromatic carbocycles. The molecule has 4 heteroatoms. The van der Waals surface area contributed by atoms with Gasteiger partial charge in [0.25, 0.3) is 0 Å². The number of hydrogen-bond donors (Lipinski definition) is 2. The number of carbonyl (C=O) groups is 1. The average Bonchev–Trinajstić information content (AvgIpc) is 2.64. The van der Waals surface area contributed by atoms with E-state index in [1.165, 1.54) is 0 Å². The number of hydrogen-bond acceptors (Lipinski definition) is 3. The highest BCUT2D eigenvalue weighted by atomic mass is 16.3. The molecule has 1 rings (SSSR count). The van der Waals surface area contributed by atoms with Crippen LogP contribution in [0.2, 0.25) is 0 Å². The second-order valence-corrected chi connectivity index (χ2v) is 4.98. The number of unbranched alkanes of at least 4 members (excludes halogenated alkanes) is 1. The summed E-state index contributed by atoms with van der Waals surface area (Å²) in [5.74, 6) is 1.44. The van der Waals surface area contributed by atoms with Gasteiger partial charge in [0.2, 0.25) is 5.91 Å². The number of nitrogens with one attached hydrogen (secondary N) is 1. The Morgan fingerprint density at radius 3 is 2.67 bits per heavy atom. The van der Waals surface area contributed by atoms with Crippen molar-refractivity contribution in [2.24, 2.45) is 0 Å². The van der Waals surface area contributed by atoms with E-state index >= 15 is 0 Å². The summed E-state index contributed by atoms with van der Waals surface area (Å²) < 4.78 is 5.40. The third-order valence-electron chi connectivity index (χ3n) is 3.01. The summed E-state index contributed by atoms with van der Waals surface area (Å²) in [4.78, 5) is 11.5. The van der Waals surface area contributed by atoms with Crippen molar-refractivity contribution in [3.63, 3.8) is 0 Å². The SMILES string of the molecule is CCCCC(=O)NCC(C)(O)c1cc(C)oc1C. The standard InChI is InChI=1S/C14H23NO3/c1-5-6-7-13(16)15-9-14(4,17)12-8-10(2)18-11(12)3/h8,17H,5-7,9H2,1-4H3,(H,15,16). The lowest BCUT2D eigenvalue weighted by molar-refractivity contribution is -0.122. The number of rotatable bonds is 6. The minimum atomic E-state index is -1.09. The third kappa shape index (κ3) is 3.88. The van der Waals surface area contributed by atoms with Gasteiger partial charge in [-0.05, 0) is 33.3 Å². The van der Waals surface area contributed by atoms with Gasteiger partial charge in [-0.3, -0.25) is 4.79 Å². The molecule has 1 atom stereocenters. The van der Waals surface area contributed by atoms with Crippen LogP contribution in [-0.2, 0) is 10.4 Å². The zero-order valence-corrected chi connectivity index (χ0v) is 11.7. The van der Waals surface area contributed by atoms with Gasteiger partial charge in [0.1, 0.15) is 17.1 Å². The summed E-state index contributed by atoms with van der Waals surface area (Å²) in [6.45, 7) is 7.59. The largest absolute Gasteiger partial charge is 0.466 e. The molecular weight excluding hydrogens is 230 g/mol. The molecule has 0 saturated carbocycles. The number of amides is 1. The molecule has 0 aliphatic heterocycles. The predicted molar refractivity (Wildman–Crippen MR) is 70.3 cm³/mol. The average molecular weight is 253 g/mol. The smallest absolute Gasteiger partial charge is 0.220 e. The monoisotopic (exact) mass is 253 g/mol. The first kappa shape index (κ1) is 14.8. The lowest BCUT2D eigenvalue weighted by Crippen LogP contribution is -2.38. The van der Waals surface area contributed by atoms with Crippen LogP contribution >= 0.6 is 0 Å². The second kappa shape index (κ2) is 6.05. The van der Waals surface area contributed by atoms with E-state index in [0.717, 1.165) is 24.2 Å². The van der Waals surface area contributed by atoms with Crippen molar-refractivity contribution in [1.29, 1.82) is 0 Å². The van der Waals surface area contributed by atoms with E-state index in [1.54, 1.807) is 6.92 Å². The van der Waals surface area contributed by atoms with Crippen LogP contribution in [0.3, 0.4) is 0 Å². The van der Waals surface area contributed by atoms with Gasteiger partial charge in [-0.1, -0.05) is 13.3 Å². The number of carbonyl (C=O) groups excluding carboxylic acids is 1. The molecule has 102 valence electrons. The van der Waals surface area contributed by atoms with Crippen LogP contribution in [0.1, 0.15) is 50.2 Å². The van der Waals surface area contributed by atoms with E-state index in [4.69, 9.17) is 4.42 Å². The molecule has 0 saturated heterocycles. The van der Waals surface area contributed by atoms with E-state index in [9.17, 15) is 9.90 Å². The van der Waals surface area contributed by atoms with Crippen LogP contribution in [0, 0.1) is 13.8 Å². The summed E-state index contributed by atoms with van der Waals surface area (Å²) in [7, 11) is 0. The maximum absolute atomic E-state index is 11.5. The molecular formula is C14H23NO3. The minimum absolute atomic E-state index is 0.0185. The highest BCUT2D eigenvalue weighted by Crippen LogP contribution is 2.26. The summed E-state index contributed by atoms with van der Waals surface area (Å²) in [5.41, 5.74) is -0.361. The molecule has 1 amide bonds. The lowest BCUT2D eigenvalue weighted by atomic mass is 9.96. The highest BCUT2D eigenvalue weighted by molar-refractivity contribution is 5.75. The molecule has 1 heterocycles. The number of aliphatic hydroxyl groups is 1. The molecule has 0 fully saturated rings. The predicted octanol–water partition coefficient (Wildman–Crippen LogP) is 2.41. The normalized spacial score (nSPS) is 14.3. The van der Waals surface area contributed by atoms with E-state index in [0.29, 0.717) is 12.2 Å². The Hall–Kier alpha value is -1.29. The summed E-state index contributed by atoms with van der Waals surface area (Å²) in [6, 6.07) is 1.81. The van der Waals surface area contributed by atoms with Crippen LogP contribution in [0.5, 0.6) is 0 Å². The lowest BCUT2D eigenvalue weighted by Gasteiger charge is -2.23. The zero-order chi connectivity index (χ0) is 13.8. The molecule has 18 heavy (non-hydrogen) atoms. The summed E-state index contributed by atoms with van der Waals surface area (Å²) in [6.07, 6.45) is 2.37. The van der Waals surface area contributed by atoms with Crippen molar-refractivity contribution in [1.82, 2.24) is 5.32 Å². The Balaban J connectivity index is 2.59. The van der Waals surface area contributed by atoms with Gasteiger partial charge in [-0.15, -0.1) is 0 Å². The van der Waals surface area contributed by atoms with Crippen molar-refractivity contribution >= 4 is 5.91 Å². The Morgan fingerprint density at radius 2 is 2.17 bits per heavy atom. The summed E-state index contributed by atoms with van der Waals surface area (Å²) >= 11 is 0. The van der Waals surface area contributed by atoms with Crippen molar-refractivity contribution < 1.29 is 14.3 Å². The first-order chi connectivity index (χ1) is 8.36. The molecule has 2 N–H and O–H groups in total. The van der Waals surface area contributed by atoms with Crippen molar-refractivity contribution in [3.8, 4) is 0 Å². The third-order valence-corrected chi connectivity index (χ3v) is 3.01. The quantitative estimate of drug-likeness (QED) is 0.818. The van der Waals surface area contributed by atoms with Crippen LogP contribution in [0.15, 0.2) is 10.5 Å². The second-order valence-electron chi connectivity index (χ2n) is 4.98. The molecule has 0 spiro atoms. The van der Waals surface area contributed by atoms with E-state index in [1.807, 2.05) is 26.8 Å². The van der Waals surface area contributed by atoms with E-state index < -0.39 is 5.60 Å². The Kier molecular flexibility index (Phi) is 4.96. The van der Waals surface area contributed by atoms with Crippen molar-refractivity contribution in [2.45, 2.75) is 52.6 Å². The van der Waals surface area contributed by atoms with E-state index in [2.05, 4.69) is 5.32 Å². The van der Waals surface area contributed by atoms with Gasteiger partial charge in [0.05, 0.1) is 6.54 Å². The Bertz CT molecular complexity index is 407. The number of aryl methyl sites for hydroxylation is 2. The zero-order valence-electron chi connectivity index (χ0n) is 11.7. The fourth-order valence-corrected chi connectivity index (χ4v) is 1.96. The van der Waals surface area contributed by atoms with Gasteiger partial charge >= 0.3 is 0 Å². The van der Waals surface area contributed by atoms with Crippen molar-refractivity contribution in [3.05, 3.63) is 23.2 Å². The molecule has 0 bridgehead atoms. The molecule has 0 aliphatic carbocycles. The van der Waals surface area contributed by atoms with Crippen LogP contribution < -0.4 is 5.32 Å². The van der Waals surface area contributed by atoms with Gasteiger partial charge in [0.15, 0.2) is 0 Å². The minimum Gasteiger partial charge on any atom is -0.466 e. The molecule has 0 aliphatic rings. The fraction of sp³-hybridized carbons (Fsp3) is 0.643. The van der Waals surface area contributed by atoms with Gasteiger partial charge in [-0.25, -0.2) is 0 Å². The Labute approximate surface area is 108 Å². The molecule has 4 nitrogen and oxygen atoms in total. The van der Waals surface area contributed by atoms with Crippen molar-refractivity contribution in [2.75, 3.05) is 6.54 Å². The maximum atomic E-state index is 11.5. The molecule has 0 radical (unpaired) electrons. The summed E-state index contributed by atoms with van der Waals surface area (Å²) in [5, 5.41) is 13.1. The first-order valence-corrected chi connectivity index (χ1v) is 6.43. The number of furan rings is 1. The van der Waals surface area contributed by atoms with Gasteiger partial charge in [-0.2, -0.15) is 0 Å². The molecule has 1 unspecified atom stereocenters. The first-order valence-electron chi connectivity index (χ1n) is 6.43. The Morgan fingerprint density at radius 1 is 1.50 bits per heavy atom. The maximum Gasteiger partial charge on any atom is 0.220 e. The topological polar surface area (TPSA) is 62.5 Å².